The van der Waals surface area contributed by atoms with Gasteiger partial charge in [0.1, 0.15) is 0 Å². The smallest absolute Gasteiger partial charge is 0.00571 e. The highest BCUT2D eigenvalue weighted by Gasteiger charge is 1.69. The maximum atomic E-state index is 5.20. The number of rotatable bonds is 2. The molecule has 0 aromatic carbocycles. The van der Waals surface area contributed by atoms with E-state index in [-0.39, 0.29) is 0 Å². The molecule has 0 aliphatic carbocycles. The maximum absolute atomic E-state index is 5.20. The van der Waals surface area contributed by atoms with Gasteiger partial charge in [0.15, 0.2) is 0 Å². The van der Waals surface area contributed by atoms with Gasteiger partial charge in [-0.3, -0.25) is 0 Å². The first kappa shape index (κ1) is 5.39. The van der Waals surface area contributed by atoms with Gasteiger partial charge in [0, 0.05) is 9.04 Å². The average molecular weight is 105 g/mol. The highest BCUT2D eigenvalue weighted by Crippen LogP contribution is 1.60. The van der Waals surface area contributed by atoms with E-state index in [9.17, 15) is 0 Å². The molecule has 0 aromatic rings. The minimum absolute atomic E-state index is 0.428. The molecule has 32 valence electrons. The molecule has 1 nitrogen and oxygen atoms in total. The fourth-order valence-electron chi connectivity index (χ4n) is 0.204. The molecule has 0 heterocycles. The molecular weight excluding hydrogens is 94.2 g/mol. The Labute approximate surface area is 38.0 Å². The normalized spacial score (nSPS) is 11.4. The summed E-state index contributed by atoms with van der Waals surface area (Å²) in [7, 11) is 1.89. The Morgan fingerprint density at radius 2 is 2.40 bits per heavy atom. The Kier molecular flexibility index (Phi) is 4.74. The number of hydrogen-bond acceptors (Lipinski definition) is 1. The summed E-state index contributed by atoms with van der Waals surface area (Å²) in [5.74, 6) is 0. The summed E-state index contributed by atoms with van der Waals surface area (Å²) in [4.78, 5) is 0. The summed E-state index contributed by atoms with van der Waals surface area (Å²) in [5, 5.41) is 0. The van der Waals surface area contributed by atoms with Crippen molar-refractivity contribution in [2.75, 3.05) is 6.54 Å². The third-order valence-electron chi connectivity index (χ3n) is 0.558. The van der Waals surface area contributed by atoms with E-state index in [1.807, 2.05) is 0 Å². The van der Waals surface area contributed by atoms with Crippen LogP contribution in [0.1, 0.15) is 0 Å². The predicted octanol–water partition coefficient (Wildman–Crippen LogP) is -2.19. The molecule has 0 aromatic heterocycles. The largest absolute Gasteiger partial charge is 0.331 e. The summed E-state index contributed by atoms with van der Waals surface area (Å²) < 4.78 is 0. The van der Waals surface area contributed by atoms with Gasteiger partial charge in [-0.15, -0.1) is 0 Å². The Morgan fingerprint density at radius 1 is 1.80 bits per heavy atom. The standard InChI is InChI=1S/C2H11NSi2/c3-1-2-5-4/h1-3,5H2,4H3. The average Bonchev–Trinajstić information content (AvgIpc) is 1.41. The lowest BCUT2D eigenvalue weighted by atomic mass is 10.8. The molecule has 3 heteroatoms. The Morgan fingerprint density at radius 3 is 2.40 bits per heavy atom. The lowest BCUT2D eigenvalue weighted by Crippen LogP contribution is -2.01. The summed E-state index contributed by atoms with van der Waals surface area (Å²) >= 11 is 0. The molecule has 0 amide bonds. The maximum Gasteiger partial charge on any atom is 0.00571 e. The fraction of sp³-hybridized carbons (Fsp3) is 1.00. The van der Waals surface area contributed by atoms with Crippen LogP contribution in [0.15, 0.2) is 0 Å². The van der Waals surface area contributed by atoms with Crippen molar-refractivity contribution in [3.05, 3.63) is 0 Å². The molecule has 0 saturated heterocycles. The van der Waals surface area contributed by atoms with Gasteiger partial charge in [0.05, 0.1) is 0 Å². The van der Waals surface area contributed by atoms with Crippen molar-refractivity contribution in [2.45, 2.75) is 6.04 Å². The van der Waals surface area contributed by atoms with Crippen molar-refractivity contribution >= 4 is 18.8 Å². The van der Waals surface area contributed by atoms with E-state index in [1.165, 1.54) is 15.8 Å². The second-order valence-corrected chi connectivity index (χ2v) is 5.85. The molecule has 0 saturated carbocycles. The SMILES string of the molecule is NCC[SiH2][SiH3]. The molecule has 5 heavy (non-hydrogen) atoms. The molecule has 0 aliphatic rings. The van der Waals surface area contributed by atoms with Crippen LogP contribution >= 0.6 is 0 Å². The number of hydrogen-bond donors (Lipinski definition) is 1. The zero-order chi connectivity index (χ0) is 4.12. The molecule has 0 bridgehead atoms. The van der Waals surface area contributed by atoms with Crippen LogP contribution in [-0.2, 0) is 0 Å². The Hall–Kier alpha value is 0.394. The Balaban J connectivity index is 2.19. The van der Waals surface area contributed by atoms with Gasteiger partial charge in [-0.1, -0.05) is 6.04 Å². The molecule has 0 spiro atoms. The minimum atomic E-state index is 0.428. The fourth-order valence-corrected chi connectivity index (χ4v) is 1.84. The highest BCUT2D eigenvalue weighted by atomic mass is 29.1. The van der Waals surface area contributed by atoms with Gasteiger partial charge in [-0.2, -0.15) is 0 Å². The van der Waals surface area contributed by atoms with Crippen LogP contribution < -0.4 is 5.73 Å². The summed E-state index contributed by atoms with van der Waals surface area (Å²) in [6.45, 7) is 0.940. The molecule has 0 rings (SSSR count). The Bertz CT molecular complexity index is 15.1. The van der Waals surface area contributed by atoms with Crippen LogP contribution in [0.2, 0.25) is 6.04 Å². The molecule has 0 unspecified atom stereocenters. The molecule has 0 fully saturated rings. The summed E-state index contributed by atoms with van der Waals surface area (Å²) in [6, 6.07) is 1.37. The molecule has 0 atom stereocenters. The molecular formula is C2H11NSi2. The molecule has 0 radical (unpaired) electrons. The lowest BCUT2D eigenvalue weighted by Gasteiger charge is -1.79. The van der Waals surface area contributed by atoms with Crippen LogP contribution in [0.4, 0.5) is 0 Å². The topological polar surface area (TPSA) is 26.0 Å². The van der Waals surface area contributed by atoms with Gasteiger partial charge in [0.2, 0.25) is 0 Å². The summed E-state index contributed by atoms with van der Waals surface area (Å²) in [5.41, 5.74) is 5.20. The van der Waals surface area contributed by atoms with Crippen LogP contribution in [0.5, 0.6) is 0 Å². The van der Waals surface area contributed by atoms with Gasteiger partial charge in [0.25, 0.3) is 0 Å². The first-order chi connectivity index (χ1) is 2.41. The van der Waals surface area contributed by atoms with Crippen LogP contribution in [-0.4, -0.2) is 25.3 Å². The predicted molar refractivity (Wildman–Crippen MR) is 32.3 cm³/mol. The summed E-state index contributed by atoms with van der Waals surface area (Å²) in [6.07, 6.45) is 0. The lowest BCUT2D eigenvalue weighted by molar-refractivity contribution is 1.13. The monoisotopic (exact) mass is 105 g/mol. The molecule has 0 aliphatic heterocycles. The van der Waals surface area contributed by atoms with Gasteiger partial charge < -0.3 is 5.73 Å². The number of nitrogens with two attached hydrogens (primary N) is 1. The molecule has 2 N–H and O–H groups in total. The second kappa shape index (κ2) is 4.39. The van der Waals surface area contributed by atoms with Gasteiger partial charge in [-0.05, 0) is 16.3 Å². The second-order valence-electron chi connectivity index (χ2n) is 1.14. The van der Waals surface area contributed by atoms with Crippen molar-refractivity contribution < 1.29 is 0 Å². The van der Waals surface area contributed by atoms with Crippen molar-refractivity contribution in [1.82, 2.24) is 0 Å². The first-order valence-corrected chi connectivity index (χ1v) is 8.77. The van der Waals surface area contributed by atoms with Gasteiger partial charge in [-0.25, -0.2) is 0 Å². The van der Waals surface area contributed by atoms with E-state index >= 15 is 0 Å². The van der Waals surface area contributed by atoms with Gasteiger partial charge >= 0.3 is 0 Å². The van der Waals surface area contributed by atoms with E-state index < -0.39 is 0 Å². The quantitative estimate of drug-likeness (QED) is 0.397. The zero-order valence-electron chi connectivity index (χ0n) is 3.70. The van der Waals surface area contributed by atoms with Crippen LogP contribution in [0, 0.1) is 0 Å². The highest BCUT2D eigenvalue weighted by molar-refractivity contribution is 6.89. The van der Waals surface area contributed by atoms with E-state index in [0.29, 0.717) is 9.04 Å². The third kappa shape index (κ3) is 4.39. The van der Waals surface area contributed by atoms with E-state index in [4.69, 9.17) is 5.73 Å². The zero-order valence-corrected chi connectivity index (χ0v) is 7.11. The van der Waals surface area contributed by atoms with E-state index in [1.54, 1.807) is 0 Å². The van der Waals surface area contributed by atoms with Crippen LogP contribution in [0.3, 0.4) is 0 Å². The van der Waals surface area contributed by atoms with E-state index in [2.05, 4.69) is 0 Å². The first-order valence-electron chi connectivity index (χ1n) is 2.12. The van der Waals surface area contributed by atoms with Crippen LogP contribution in [0.25, 0.3) is 0 Å². The minimum Gasteiger partial charge on any atom is -0.331 e. The van der Waals surface area contributed by atoms with Crippen molar-refractivity contribution in [2.24, 2.45) is 5.73 Å². The van der Waals surface area contributed by atoms with E-state index in [0.717, 1.165) is 6.54 Å². The van der Waals surface area contributed by atoms with Crippen molar-refractivity contribution in [3.8, 4) is 0 Å². The van der Waals surface area contributed by atoms with Crippen molar-refractivity contribution in [3.63, 3.8) is 0 Å². The van der Waals surface area contributed by atoms with Crippen molar-refractivity contribution in [1.29, 1.82) is 0 Å². The third-order valence-corrected chi connectivity index (χ3v) is 3.79.